The number of halogens is 1. The maximum absolute atomic E-state index is 12.7. The van der Waals surface area contributed by atoms with Crippen molar-refractivity contribution >= 4 is 50.0 Å². The van der Waals surface area contributed by atoms with Crippen LogP contribution in [0.3, 0.4) is 0 Å². The number of H-pyrrole nitrogens is 1. The van der Waals surface area contributed by atoms with Gasteiger partial charge in [0.2, 0.25) is 11.8 Å². The van der Waals surface area contributed by atoms with Crippen LogP contribution in [0.5, 0.6) is 0 Å². The van der Waals surface area contributed by atoms with E-state index in [0.717, 1.165) is 26.8 Å². The number of benzene rings is 2. The fourth-order valence-corrected chi connectivity index (χ4v) is 3.80. The van der Waals surface area contributed by atoms with Crippen LogP contribution in [-0.4, -0.2) is 23.3 Å². The first-order valence-electron chi connectivity index (χ1n) is 8.48. The fourth-order valence-electron chi connectivity index (χ4n) is 3.41. The lowest BCUT2D eigenvalue weighted by Crippen LogP contribution is -2.33. The summed E-state index contributed by atoms with van der Waals surface area (Å²) in [6.45, 7) is 2.54. The van der Waals surface area contributed by atoms with E-state index in [4.69, 9.17) is 0 Å². The predicted molar refractivity (Wildman–Crippen MR) is 106 cm³/mol. The zero-order chi connectivity index (χ0) is 18.3. The van der Waals surface area contributed by atoms with Gasteiger partial charge in [0.05, 0.1) is 0 Å². The second kappa shape index (κ2) is 6.61. The highest BCUT2D eigenvalue weighted by Crippen LogP contribution is 2.28. The average Bonchev–Trinajstić information content (AvgIpc) is 3.16. The molecule has 2 amide bonds. The van der Waals surface area contributed by atoms with Crippen molar-refractivity contribution in [3.63, 3.8) is 0 Å². The molecule has 0 bridgehead atoms. The number of fused-ring (bicyclic) bond motifs is 1. The molecular formula is C20H18BrN3O2. The van der Waals surface area contributed by atoms with Crippen molar-refractivity contribution in [2.45, 2.75) is 13.3 Å². The molecule has 1 aromatic heterocycles. The number of anilines is 2. The Kier molecular flexibility index (Phi) is 4.28. The second-order valence-corrected chi connectivity index (χ2v) is 7.47. The molecule has 3 aromatic rings. The number of rotatable bonds is 3. The van der Waals surface area contributed by atoms with Crippen LogP contribution in [-0.2, 0) is 9.59 Å². The zero-order valence-electron chi connectivity index (χ0n) is 14.3. The van der Waals surface area contributed by atoms with E-state index in [-0.39, 0.29) is 11.8 Å². The maximum atomic E-state index is 12.7. The van der Waals surface area contributed by atoms with Crippen molar-refractivity contribution in [2.75, 3.05) is 16.8 Å². The molecule has 1 unspecified atom stereocenters. The summed E-state index contributed by atoms with van der Waals surface area (Å²) in [6.07, 6.45) is 0.517. The molecule has 1 aliphatic rings. The van der Waals surface area contributed by atoms with Crippen LogP contribution >= 0.6 is 15.9 Å². The summed E-state index contributed by atoms with van der Waals surface area (Å²) >= 11 is 3.42. The SMILES string of the molecule is Cc1cc2cc(NC(=O)C3CCN(c4cccc(Br)c4)C3=O)ccc2[nH]1. The molecular weight excluding hydrogens is 394 g/mol. The van der Waals surface area contributed by atoms with Crippen LogP contribution in [0, 0.1) is 12.8 Å². The number of aromatic amines is 1. The molecule has 2 heterocycles. The van der Waals surface area contributed by atoms with Gasteiger partial charge in [-0.1, -0.05) is 22.0 Å². The Hall–Kier alpha value is -2.60. The van der Waals surface area contributed by atoms with Gasteiger partial charge in [-0.2, -0.15) is 0 Å². The van der Waals surface area contributed by atoms with Gasteiger partial charge in [-0.15, -0.1) is 0 Å². The van der Waals surface area contributed by atoms with Gasteiger partial charge < -0.3 is 15.2 Å². The number of nitrogens with zero attached hydrogens (tertiary/aromatic N) is 1. The Bertz CT molecular complexity index is 1010. The van der Waals surface area contributed by atoms with Crippen LogP contribution < -0.4 is 10.2 Å². The Morgan fingerprint density at radius 1 is 1.23 bits per heavy atom. The van der Waals surface area contributed by atoms with Crippen LogP contribution in [0.25, 0.3) is 10.9 Å². The molecule has 26 heavy (non-hydrogen) atoms. The molecule has 0 spiro atoms. The minimum Gasteiger partial charge on any atom is -0.359 e. The number of nitrogens with one attached hydrogen (secondary N) is 2. The molecule has 1 atom stereocenters. The monoisotopic (exact) mass is 411 g/mol. The lowest BCUT2D eigenvalue weighted by atomic mass is 10.1. The molecule has 1 fully saturated rings. The molecule has 0 radical (unpaired) electrons. The van der Waals surface area contributed by atoms with Gasteiger partial charge in [-0.25, -0.2) is 0 Å². The predicted octanol–water partition coefficient (Wildman–Crippen LogP) is 4.23. The lowest BCUT2D eigenvalue weighted by Gasteiger charge is -2.17. The smallest absolute Gasteiger partial charge is 0.239 e. The van der Waals surface area contributed by atoms with E-state index in [0.29, 0.717) is 18.7 Å². The Balaban J connectivity index is 1.50. The number of hydrogen-bond donors (Lipinski definition) is 2. The van der Waals surface area contributed by atoms with Gasteiger partial charge in [0, 0.05) is 39.0 Å². The van der Waals surface area contributed by atoms with E-state index in [1.165, 1.54) is 0 Å². The van der Waals surface area contributed by atoms with Gasteiger partial charge in [0.15, 0.2) is 0 Å². The van der Waals surface area contributed by atoms with Gasteiger partial charge >= 0.3 is 0 Å². The van der Waals surface area contributed by atoms with Crippen LogP contribution in [0.4, 0.5) is 11.4 Å². The Morgan fingerprint density at radius 3 is 2.88 bits per heavy atom. The third kappa shape index (κ3) is 3.12. The first-order chi connectivity index (χ1) is 12.5. The number of carbonyl (C=O) groups excluding carboxylic acids is 2. The minimum absolute atomic E-state index is 0.154. The first-order valence-corrected chi connectivity index (χ1v) is 9.28. The standard InChI is InChI=1S/C20H18BrN3O2/c1-12-9-13-10-15(5-6-18(13)22-12)23-19(25)17-7-8-24(20(17)26)16-4-2-3-14(21)11-16/h2-6,9-11,17,22H,7-8H2,1H3,(H,23,25). The number of carbonyl (C=O) groups is 2. The number of hydrogen-bond acceptors (Lipinski definition) is 2. The van der Waals surface area contributed by atoms with Gasteiger partial charge in [0.25, 0.3) is 0 Å². The third-order valence-corrected chi connectivity index (χ3v) is 5.16. The van der Waals surface area contributed by atoms with Crippen molar-refractivity contribution in [2.24, 2.45) is 5.92 Å². The highest BCUT2D eigenvalue weighted by molar-refractivity contribution is 9.10. The summed E-state index contributed by atoms with van der Waals surface area (Å²) < 4.78 is 0.908. The van der Waals surface area contributed by atoms with Gasteiger partial charge in [0.1, 0.15) is 5.92 Å². The molecule has 2 aromatic carbocycles. The van der Waals surface area contributed by atoms with E-state index in [1.54, 1.807) is 4.90 Å². The van der Waals surface area contributed by atoms with E-state index in [9.17, 15) is 9.59 Å². The molecule has 2 N–H and O–H groups in total. The topological polar surface area (TPSA) is 65.2 Å². The lowest BCUT2D eigenvalue weighted by molar-refractivity contribution is -0.129. The molecule has 6 heteroatoms. The summed E-state index contributed by atoms with van der Waals surface area (Å²) in [5, 5.41) is 3.93. The maximum Gasteiger partial charge on any atom is 0.239 e. The first kappa shape index (κ1) is 16.8. The highest BCUT2D eigenvalue weighted by atomic mass is 79.9. The Labute approximate surface area is 159 Å². The Morgan fingerprint density at radius 2 is 2.08 bits per heavy atom. The van der Waals surface area contributed by atoms with Crippen molar-refractivity contribution < 1.29 is 9.59 Å². The number of aryl methyl sites for hydroxylation is 1. The third-order valence-electron chi connectivity index (χ3n) is 4.66. The summed E-state index contributed by atoms with van der Waals surface area (Å²) in [4.78, 5) is 30.3. The highest BCUT2D eigenvalue weighted by Gasteiger charge is 2.37. The van der Waals surface area contributed by atoms with E-state index in [2.05, 4.69) is 26.2 Å². The molecule has 132 valence electrons. The average molecular weight is 412 g/mol. The molecule has 1 aliphatic heterocycles. The number of aromatic nitrogens is 1. The van der Waals surface area contributed by atoms with Crippen LogP contribution in [0.1, 0.15) is 12.1 Å². The minimum atomic E-state index is -0.655. The molecule has 4 rings (SSSR count). The van der Waals surface area contributed by atoms with Crippen LogP contribution in [0.15, 0.2) is 53.0 Å². The van der Waals surface area contributed by atoms with Gasteiger partial charge in [-0.05, 0) is 55.8 Å². The second-order valence-electron chi connectivity index (χ2n) is 6.55. The van der Waals surface area contributed by atoms with Crippen molar-refractivity contribution in [3.8, 4) is 0 Å². The molecule has 0 saturated carbocycles. The normalized spacial score (nSPS) is 17.1. The quantitative estimate of drug-likeness (QED) is 0.633. The van der Waals surface area contributed by atoms with Crippen LogP contribution in [0.2, 0.25) is 0 Å². The summed E-state index contributed by atoms with van der Waals surface area (Å²) in [7, 11) is 0. The largest absolute Gasteiger partial charge is 0.359 e. The van der Waals surface area contributed by atoms with E-state index in [1.807, 2.05) is 55.5 Å². The van der Waals surface area contributed by atoms with Crippen molar-refractivity contribution in [1.82, 2.24) is 4.98 Å². The van der Waals surface area contributed by atoms with Crippen molar-refractivity contribution in [1.29, 1.82) is 0 Å². The zero-order valence-corrected chi connectivity index (χ0v) is 15.8. The van der Waals surface area contributed by atoms with Crippen molar-refractivity contribution in [3.05, 3.63) is 58.7 Å². The van der Waals surface area contributed by atoms with Gasteiger partial charge in [-0.3, -0.25) is 9.59 Å². The summed E-state index contributed by atoms with van der Waals surface area (Å²) in [6, 6.07) is 15.3. The molecule has 1 saturated heterocycles. The molecule has 0 aliphatic carbocycles. The molecule has 5 nitrogen and oxygen atoms in total. The van der Waals surface area contributed by atoms with E-state index < -0.39 is 5.92 Å². The number of amides is 2. The summed E-state index contributed by atoms with van der Waals surface area (Å²) in [5.74, 6) is -1.06. The van der Waals surface area contributed by atoms with E-state index >= 15 is 0 Å². The summed E-state index contributed by atoms with van der Waals surface area (Å²) in [5.41, 5.74) is 3.61. The fraction of sp³-hybridized carbons (Fsp3) is 0.200.